The maximum atomic E-state index is 10.5. The number of rotatable bonds is 6. The van der Waals surface area contributed by atoms with Crippen molar-refractivity contribution in [1.82, 2.24) is 0 Å². The van der Waals surface area contributed by atoms with E-state index in [-0.39, 0.29) is 0 Å². The maximum absolute atomic E-state index is 10.5. The van der Waals surface area contributed by atoms with Crippen LogP contribution in [0.3, 0.4) is 0 Å². The van der Waals surface area contributed by atoms with Gasteiger partial charge in [0, 0.05) is 12.0 Å². The van der Waals surface area contributed by atoms with Crippen molar-refractivity contribution >= 4 is 6.29 Å². The van der Waals surface area contributed by atoms with Gasteiger partial charge in [-0.05, 0) is 43.5 Å². The van der Waals surface area contributed by atoms with Gasteiger partial charge in [0.05, 0.1) is 26.2 Å². The second-order valence-electron chi connectivity index (χ2n) is 4.95. The quantitative estimate of drug-likeness (QED) is 0.608. The van der Waals surface area contributed by atoms with E-state index in [2.05, 4.69) is 0 Å². The zero-order valence-corrected chi connectivity index (χ0v) is 10.9. The SMILES string of the molecule is O=Cc1ccc(OCCC[NH+]2CCCCC2)cc1. The Bertz CT molecular complexity index is 355. The zero-order valence-electron chi connectivity index (χ0n) is 10.9. The number of likely N-dealkylation sites (tertiary alicyclic amines) is 1. The molecule has 1 heterocycles. The molecule has 0 aromatic heterocycles. The molecule has 3 heteroatoms. The van der Waals surface area contributed by atoms with E-state index in [1.165, 1.54) is 38.9 Å². The van der Waals surface area contributed by atoms with Crippen LogP contribution in [0.15, 0.2) is 24.3 Å². The van der Waals surface area contributed by atoms with E-state index in [0.29, 0.717) is 5.56 Å². The van der Waals surface area contributed by atoms with Gasteiger partial charge in [-0.3, -0.25) is 4.79 Å². The van der Waals surface area contributed by atoms with Crippen molar-refractivity contribution in [3.63, 3.8) is 0 Å². The average Bonchev–Trinajstić information content (AvgIpc) is 2.45. The molecular formula is C15H22NO2+. The largest absolute Gasteiger partial charge is 0.493 e. The number of carbonyl (C=O) groups is 1. The first kappa shape index (κ1) is 13.1. The Labute approximate surface area is 109 Å². The molecule has 0 unspecified atom stereocenters. The summed E-state index contributed by atoms with van der Waals surface area (Å²) in [4.78, 5) is 12.2. The van der Waals surface area contributed by atoms with Gasteiger partial charge in [-0.25, -0.2) is 0 Å². The zero-order chi connectivity index (χ0) is 12.6. The predicted molar refractivity (Wildman–Crippen MR) is 71.4 cm³/mol. The highest BCUT2D eigenvalue weighted by molar-refractivity contribution is 5.74. The van der Waals surface area contributed by atoms with Gasteiger partial charge in [-0.1, -0.05) is 0 Å². The molecule has 0 aliphatic carbocycles. The highest BCUT2D eigenvalue weighted by Crippen LogP contribution is 2.10. The number of carbonyl (C=O) groups excluding carboxylic acids is 1. The highest BCUT2D eigenvalue weighted by atomic mass is 16.5. The van der Waals surface area contributed by atoms with Crippen molar-refractivity contribution in [2.45, 2.75) is 25.7 Å². The summed E-state index contributed by atoms with van der Waals surface area (Å²) >= 11 is 0. The summed E-state index contributed by atoms with van der Waals surface area (Å²) in [7, 11) is 0. The molecule has 3 nitrogen and oxygen atoms in total. The lowest BCUT2D eigenvalue weighted by atomic mass is 10.1. The Morgan fingerprint density at radius 3 is 2.50 bits per heavy atom. The van der Waals surface area contributed by atoms with Crippen molar-refractivity contribution in [1.29, 1.82) is 0 Å². The fourth-order valence-corrected chi connectivity index (χ4v) is 2.46. The first-order chi connectivity index (χ1) is 8.88. The van der Waals surface area contributed by atoms with Crippen molar-refractivity contribution in [3.05, 3.63) is 29.8 Å². The number of piperidine rings is 1. The molecule has 0 saturated carbocycles. The first-order valence-electron chi connectivity index (χ1n) is 6.90. The van der Waals surface area contributed by atoms with Crippen LogP contribution in [-0.2, 0) is 0 Å². The second-order valence-corrected chi connectivity index (χ2v) is 4.95. The van der Waals surface area contributed by atoms with Crippen LogP contribution in [0.1, 0.15) is 36.0 Å². The van der Waals surface area contributed by atoms with Gasteiger partial charge in [-0.2, -0.15) is 0 Å². The summed E-state index contributed by atoms with van der Waals surface area (Å²) in [5, 5.41) is 0. The van der Waals surface area contributed by atoms with Gasteiger partial charge in [0.25, 0.3) is 0 Å². The monoisotopic (exact) mass is 248 g/mol. The van der Waals surface area contributed by atoms with E-state index < -0.39 is 0 Å². The van der Waals surface area contributed by atoms with E-state index in [4.69, 9.17) is 4.74 Å². The van der Waals surface area contributed by atoms with Crippen LogP contribution >= 0.6 is 0 Å². The summed E-state index contributed by atoms with van der Waals surface area (Å²) < 4.78 is 5.67. The Balaban J connectivity index is 1.63. The third-order valence-electron chi connectivity index (χ3n) is 3.52. The van der Waals surface area contributed by atoms with Crippen LogP contribution in [0.4, 0.5) is 0 Å². The van der Waals surface area contributed by atoms with Gasteiger partial charge in [-0.15, -0.1) is 0 Å². The number of nitrogens with one attached hydrogen (secondary N) is 1. The number of hydrogen-bond acceptors (Lipinski definition) is 2. The molecule has 1 fully saturated rings. The van der Waals surface area contributed by atoms with Gasteiger partial charge in [0.1, 0.15) is 12.0 Å². The van der Waals surface area contributed by atoms with E-state index in [1.807, 2.05) is 12.1 Å². The maximum Gasteiger partial charge on any atom is 0.150 e. The summed E-state index contributed by atoms with van der Waals surface area (Å²) in [6, 6.07) is 7.30. The summed E-state index contributed by atoms with van der Waals surface area (Å²) in [6.07, 6.45) is 6.12. The molecule has 1 aromatic carbocycles. The minimum Gasteiger partial charge on any atom is -0.493 e. The standard InChI is InChI=1S/C15H21NO2/c17-13-14-5-7-15(8-6-14)18-12-4-11-16-9-2-1-3-10-16/h5-8,13H,1-4,9-12H2/p+1. The van der Waals surface area contributed by atoms with Gasteiger partial charge in [0.15, 0.2) is 0 Å². The third-order valence-corrected chi connectivity index (χ3v) is 3.52. The topological polar surface area (TPSA) is 30.7 Å². The number of quaternary nitrogens is 1. The lowest BCUT2D eigenvalue weighted by Crippen LogP contribution is -3.12. The van der Waals surface area contributed by atoms with E-state index >= 15 is 0 Å². The summed E-state index contributed by atoms with van der Waals surface area (Å²) in [6.45, 7) is 4.64. The molecular weight excluding hydrogens is 226 g/mol. The lowest BCUT2D eigenvalue weighted by Gasteiger charge is -2.23. The van der Waals surface area contributed by atoms with Crippen molar-refractivity contribution in [3.8, 4) is 5.75 Å². The highest BCUT2D eigenvalue weighted by Gasteiger charge is 2.12. The number of benzene rings is 1. The van der Waals surface area contributed by atoms with Crippen LogP contribution < -0.4 is 9.64 Å². The van der Waals surface area contributed by atoms with Gasteiger partial charge < -0.3 is 9.64 Å². The van der Waals surface area contributed by atoms with Crippen LogP contribution in [-0.4, -0.2) is 32.5 Å². The smallest absolute Gasteiger partial charge is 0.150 e. The van der Waals surface area contributed by atoms with Crippen LogP contribution in [0.2, 0.25) is 0 Å². The molecule has 0 bridgehead atoms. The Morgan fingerprint density at radius 1 is 1.11 bits per heavy atom. The number of hydrogen-bond donors (Lipinski definition) is 1. The molecule has 98 valence electrons. The minimum absolute atomic E-state index is 0.695. The minimum atomic E-state index is 0.695. The molecule has 0 radical (unpaired) electrons. The van der Waals surface area contributed by atoms with E-state index in [9.17, 15) is 4.79 Å². The first-order valence-corrected chi connectivity index (χ1v) is 6.90. The van der Waals surface area contributed by atoms with Crippen molar-refractivity contribution in [2.24, 2.45) is 0 Å². The van der Waals surface area contributed by atoms with Crippen molar-refractivity contribution in [2.75, 3.05) is 26.2 Å². The van der Waals surface area contributed by atoms with E-state index in [0.717, 1.165) is 25.1 Å². The molecule has 18 heavy (non-hydrogen) atoms. The lowest BCUT2D eigenvalue weighted by molar-refractivity contribution is -0.905. The Morgan fingerprint density at radius 2 is 1.83 bits per heavy atom. The predicted octanol–water partition coefficient (Wildman–Crippen LogP) is 1.34. The van der Waals surface area contributed by atoms with Crippen LogP contribution in [0.25, 0.3) is 0 Å². The van der Waals surface area contributed by atoms with Gasteiger partial charge >= 0.3 is 0 Å². The second kappa shape index (κ2) is 7.17. The van der Waals surface area contributed by atoms with E-state index in [1.54, 1.807) is 17.0 Å². The average molecular weight is 248 g/mol. The Kier molecular flexibility index (Phi) is 5.21. The molecule has 1 aliphatic rings. The van der Waals surface area contributed by atoms with Crippen LogP contribution in [0, 0.1) is 0 Å². The molecule has 0 atom stereocenters. The molecule has 1 aromatic rings. The summed E-state index contributed by atoms with van der Waals surface area (Å²) in [5.74, 6) is 0.856. The molecule has 1 saturated heterocycles. The van der Waals surface area contributed by atoms with Crippen molar-refractivity contribution < 1.29 is 14.4 Å². The number of ether oxygens (including phenoxy) is 1. The van der Waals surface area contributed by atoms with Gasteiger partial charge in [0.2, 0.25) is 0 Å². The molecule has 0 amide bonds. The molecule has 0 spiro atoms. The molecule has 1 N–H and O–H groups in total. The summed E-state index contributed by atoms with van der Waals surface area (Å²) in [5.41, 5.74) is 0.695. The van der Waals surface area contributed by atoms with Crippen LogP contribution in [0.5, 0.6) is 5.75 Å². The fourth-order valence-electron chi connectivity index (χ4n) is 2.46. The third kappa shape index (κ3) is 4.15. The number of aldehydes is 1. The fraction of sp³-hybridized carbons (Fsp3) is 0.533. The molecule has 2 rings (SSSR count). The Hall–Kier alpha value is -1.35. The normalized spacial score (nSPS) is 16.4. The molecule has 1 aliphatic heterocycles.